The Hall–Kier alpha value is -0.650. The summed E-state index contributed by atoms with van der Waals surface area (Å²) >= 11 is 0. The molecule has 0 aliphatic rings. The van der Waals surface area contributed by atoms with Crippen molar-refractivity contribution in [2.75, 3.05) is 33.5 Å². The van der Waals surface area contributed by atoms with E-state index < -0.39 is 11.5 Å². The van der Waals surface area contributed by atoms with E-state index in [9.17, 15) is 4.79 Å². The number of aliphatic carboxylic acids is 1. The molecule has 15 heavy (non-hydrogen) atoms. The van der Waals surface area contributed by atoms with Gasteiger partial charge in [0.25, 0.3) is 0 Å². The lowest BCUT2D eigenvalue weighted by atomic mass is 10.1. The van der Waals surface area contributed by atoms with E-state index in [-0.39, 0.29) is 0 Å². The molecular formula is C10H21NO4. The number of ether oxygens (including phenoxy) is 2. The van der Waals surface area contributed by atoms with Gasteiger partial charge < -0.3 is 19.9 Å². The fraction of sp³-hybridized carbons (Fsp3) is 0.900. The standard InChI is InChI=1S/C10H21NO4/c1-10(2,9(12)13)11-5-8-15-7-4-6-14-3/h11H,4-8H2,1-3H3,(H,12,13). The van der Waals surface area contributed by atoms with Gasteiger partial charge in [0.1, 0.15) is 5.54 Å². The van der Waals surface area contributed by atoms with Gasteiger partial charge in [0.15, 0.2) is 0 Å². The molecule has 5 nitrogen and oxygen atoms in total. The highest BCUT2D eigenvalue weighted by Gasteiger charge is 2.25. The van der Waals surface area contributed by atoms with Crippen LogP contribution in [0.25, 0.3) is 0 Å². The van der Waals surface area contributed by atoms with Crippen molar-refractivity contribution in [3.8, 4) is 0 Å². The molecular weight excluding hydrogens is 198 g/mol. The van der Waals surface area contributed by atoms with Crippen molar-refractivity contribution in [3.05, 3.63) is 0 Å². The molecule has 0 fully saturated rings. The van der Waals surface area contributed by atoms with E-state index in [1.165, 1.54) is 0 Å². The molecule has 0 saturated heterocycles. The number of carboxylic acid groups (broad SMARTS) is 1. The molecule has 0 bridgehead atoms. The molecule has 0 unspecified atom stereocenters. The normalized spacial score (nSPS) is 11.7. The minimum atomic E-state index is -0.893. The summed E-state index contributed by atoms with van der Waals surface area (Å²) in [6.07, 6.45) is 0.860. The topological polar surface area (TPSA) is 67.8 Å². The first-order chi connectivity index (χ1) is 7.00. The van der Waals surface area contributed by atoms with Crippen LogP contribution in [0, 0.1) is 0 Å². The van der Waals surface area contributed by atoms with Crippen LogP contribution < -0.4 is 5.32 Å². The Bertz CT molecular complexity index is 182. The van der Waals surface area contributed by atoms with Gasteiger partial charge in [-0.05, 0) is 20.3 Å². The molecule has 0 heterocycles. The summed E-state index contributed by atoms with van der Waals surface area (Å²) in [4.78, 5) is 10.7. The average Bonchev–Trinajstić information content (AvgIpc) is 2.16. The van der Waals surface area contributed by atoms with Crippen molar-refractivity contribution in [1.29, 1.82) is 0 Å². The number of hydrogen-bond donors (Lipinski definition) is 2. The molecule has 2 N–H and O–H groups in total. The monoisotopic (exact) mass is 219 g/mol. The van der Waals surface area contributed by atoms with Gasteiger partial charge in [-0.1, -0.05) is 0 Å². The molecule has 0 aromatic rings. The largest absolute Gasteiger partial charge is 0.480 e. The van der Waals surface area contributed by atoms with Crippen LogP contribution in [-0.4, -0.2) is 50.1 Å². The van der Waals surface area contributed by atoms with E-state index in [1.54, 1.807) is 21.0 Å². The molecule has 0 atom stereocenters. The molecule has 0 aromatic heterocycles. The highest BCUT2D eigenvalue weighted by molar-refractivity contribution is 5.77. The predicted molar refractivity (Wildman–Crippen MR) is 57.0 cm³/mol. The molecule has 0 aliphatic heterocycles. The summed E-state index contributed by atoms with van der Waals surface area (Å²) < 4.78 is 10.1. The molecule has 0 radical (unpaired) electrons. The van der Waals surface area contributed by atoms with Gasteiger partial charge in [-0.2, -0.15) is 0 Å². The van der Waals surface area contributed by atoms with E-state index in [0.29, 0.717) is 26.4 Å². The van der Waals surface area contributed by atoms with Crippen LogP contribution in [0.2, 0.25) is 0 Å². The highest BCUT2D eigenvalue weighted by atomic mass is 16.5. The number of carboxylic acids is 1. The van der Waals surface area contributed by atoms with Crippen LogP contribution in [0.15, 0.2) is 0 Å². The average molecular weight is 219 g/mol. The summed E-state index contributed by atoms with van der Waals surface area (Å²) in [5.41, 5.74) is -0.893. The van der Waals surface area contributed by atoms with Gasteiger partial charge in [-0.25, -0.2) is 0 Å². The van der Waals surface area contributed by atoms with Crippen LogP contribution in [0.5, 0.6) is 0 Å². The predicted octanol–water partition coefficient (Wildman–Crippen LogP) is 0.492. The van der Waals surface area contributed by atoms with Gasteiger partial charge in [-0.15, -0.1) is 0 Å². The van der Waals surface area contributed by atoms with Crippen molar-refractivity contribution in [1.82, 2.24) is 5.32 Å². The molecule has 0 saturated carbocycles. The van der Waals surface area contributed by atoms with E-state index in [0.717, 1.165) is 6.42 Å². The SMILES string of the molecule is COCCCOCCNC(C)(C)C(=O)O. The lowest BCUT2D eigenvalue weighted by molar-refractivity contribution is -0.143. The smallest absolute Gasteiger partial charge is 0.323 e. The molecule has 5 heteroatoms. The fourth-order valence-corrected chi connectivity index (χ4v) is 0.919. The minimum Gasteiger partial charge on any atom is -0.480 e. The Kier molecular flexibility index (Phi) is 7.29. The Balaban J connectivity index is 3.35. The van der Waals surface area contributed by atoms with Gasteiger partial charge in [-0.3, -0.25) is 4.79 Å². The first kappa shape index (κ1) is 14.3. The summed E-state index contributed by atoms with van der Waals surface area (Å²) in [5.74, 6) is -0.859. The third-order valence-electron chi connectivity index (χ3n) is 1.99. The molecule has 0 aliphatic carbocycles. The quantitative estimate of drug-likeness (QED) is 0.552. The number of methoxy groups -OCH3 is 1. The molecule has 0 rings (SSSR count). The Morgan fingerprint density at radius 1 is 1.33 bits per heavy atom. The maximum atomic E-state index is 10.7. The summed E-state index contributed by atoms with van der Waals surface area (Å²) in [5, 5.41) is 11.7. The number of carbonyl (C=O) groups is 1. The third kappa shape index (κ3) is 7.30. The second kappa shape index (κ2) is 7.62. The van der Waals surface area contributed by atoms with Crippen molar-refractivity contribution < 1.29 is 19.4 Å². The zero-order valence-corrected chi connectivity index (χ0v) is 9.71. The lowest BCUT2D eigenvalue weighted by Gasteiger charge is -2.20. The van der Waals surface area contributed by atoms with Gasteiger partial charge in [0.2, 0.25) is 0 Å². The van der Waals surface area contributed by atoms with Gasteiger partial charge >= 0.3 is 5.97 Å². The van der Waals surface area contributed by atoms with E-state index in [1.807, 2.05) is 0 Å². The van der Waals surface area contributed by atoms with Crippen molar-refractivity contribution >= 4 is 5.97 Å². The van der Waals surface area contributed by atoms with Crippen LogP contribution in [0.3, 0.4) is 0 Å². The lowest BCUT2D eigenvalue weighted by Crippen LogP contribution is -2.47. The first-order valence-corrected chi connectivity index (χ1v) is 5.06. The fourth-order valence-electron chi connectivity index (χ4n) is 0.919. The maximum absolute atomic E-state index is 10.7. The van der Waals surface area contributed by atoms with E-state index >= 15 is 0 Å². The van der Waals surface area contributed by atoms with Crippen LogP contribution in [0.1, 0.15) is 20.3 Å². The Labute approximate surface area is 90.8 Å². The van der Waals surface area contributed by atoms with Gasteiger partial charge in [0, 0.05) is 26.9 Å². The number of nitrogens with one attached hydrogen (secondary N) is 1. The molecule has 90 valence electrons. The van der Waals surface area contributed by atoms with Crippen molar-refractivity contribution in [3.63, 3.8) is 0 Å². The highest BCUT2D eigenvalue weighted by Crippen LogP contribution is 2.00. The minimum absolute atomic E-state index is 0.514. The zero-order valence-electron chi connectivity index (χ0n) is 9.71. The van der Waals surface area contributed by atoms with Crippen LogP contribution in [0.4, 0.5) is 0 Å². The third-order valence-corrected chi connectivity index (χ3v) is 1.99. The van der Waals surface area contributed by atoms with Crippen molar-refractivity contribution in [2.45, 2.75) is 25.8 Å². The summed E-state index contributed by atoms with van der Waals surface area (Å²) in [6, 6.07) is 0. The maximum Gasteiger partial charge on any atom is 0.323 e. The van der Waals surface area contributed by atoms with E-state index in [2.05, 4.69) is 5.32 Å². The van der Waals surface area contributed by atoms with Crippen LogP contribution >= 0.6 is 0 Å². The summed E-state index contributed by atoms with van der Waals surface area (Å²) in [6.45, 7) is 5.63. The van der Waals surface area contributed by atoms with Crippen molar-refractivity contribution in [2.24, 2.45) is 0 Å². The van der Waals surface area contributed by atoms with Gasteiger partial charge in [0.05, 0.1) is 6.61 Å². The Morgan fingerprint density at radius 3 is 2.53 bits per heavy atom. The van der Waals surface area contributed by atoms with E-state index in [4.69, 9.17) is 14.6 Å². The number of rotatable bonds is 9. The second-order valence-electron chi connectivity index (χ2n) is 3.82. The molecule has 0 amide bonds. The second-order valence-corrected chi connectivity index (χ2v) is 3.82. The zero-order chi connectivity index (χ0) is 11.7. The molecule has 0 spiro atoms. The first-order valence-electron chi connectivity index (χ1n) is 5.06. The summed E-state index contributed by atoms with van der Waals surface area (Å²) in [7, 11) is 1.65. The van der Waals surface area contributed by atoms with Crippen LogP contribution in [-0.2, 0) is 14.3 Å². The Morgan fingerprint density at radius 2 is 2.00 bits per heavy atom. The number of hydrogen-bond acceptors (Lipinski definition) is 4. The molecule has 0 aromatic carbocycles.